The molecule has 64 heavy (non-hydrogen) atoms. The predicted molar refractivity (Wildman–Crippen MR) is 254 cm³/mol. The van der Waals surface area contributed by atoms with Gasteiger partial charge >= 0.3 is 0 Å². The van der Waals surface area contributed by atoms with E-state index in [-0.39, 0.29) is 38.7 Å². The van der Waals surface area contributed by atoms with E-state index in [9.17, 15) is 14.4 Å². The van der Waals surface area contributed by atoms with E-state index in [1.807, 2.05) is 57.0 Å². The fourth-order valence-electron chi connectivity index (χ4n) is 8.65. The zero-order valence-electron chi connectivity index (χ0n) is 38.3. The number of fused-ring (bicyclic) bond motifs is 2. The molecule has 2 N–H and O–H groups in total. The van der Waals surface area contributed by atoms with E-state index >= 15 is 0 Å². The number of aromatic nitrogens is 5. The maximum absolute atomic E-state index is 14.1. The summed E-state index contributed by atoms with van der Waals surface area (Å²) in [5.41, 5.74) is 10.8. The number of carbonyl (C=O) groups excluding carboxylic acids is 3. The third-order valence-electron chi connectivity index (χ3n) is 12.3. The number of hydrogen-bond donors (Lipinski definition) is 2. The minimum atomic E-state index is -0.927. The lowest BCUT2D eigenvalue weighted by Crippen LogP contribution is -2.57. The number of hydrogen-bond acceptors (Lipinski definition) is 11. The van der Waals surface area contributed by atoms with Crippen molar-refractivity contribution in [2.75, 3.05) is 33.4 Å². The molecular weight excluding hydrogens is 829 g/mol. The number of nitrogens with one attached hydrogen (secondary N) is 2. The molecule has 0 unspecified atom stereocenters. The smallest absolute Gasteiger partial charge is 0.293 e. The van der Waals surface area contributed by atoms with Crippen molar-refractivity contribution < 1.29 is 31.4 Å². The van der Waals surface area contributed by atoms with Gasteiger partial charge in [0.1, 0.15) is 17.2 Å². The minimum absolute atomic E-state index is 0. The summed E-state index contributed by atoms with van der Waals surface area (Å²) in [7, 11) is 3.71. The molecule has 1 aromatic carbocycles. The largest absolute Gasteiger partial charge is 0.467 e. The Kier molecular flexibility index (Phi) is 14.9. The van der Waals surface area contributed by atoms with Crippen molar-refractivity contribution in [3.05, 3.63) is 88.9 Å². The van der Waals surface area contributed by atoms with Crippen LogP contribution in [0.2, 0.25) is 0 Å². The molecule has 8 rings (SSSR count). The number of rotatable bonds is 17. The molecule has 1 aliphatic heterocycles. The molecule has 0 spiro atoms. The van der Waals surface area contributed by atoms with Gasteiger partial charge in [-0.15, -0.1) is 11.3 Å². The van der Waals surface area contributed by atoms with Gasteiger partial charge in [-0.3, -0.25) is 29.4 Å². The van der Waals surface area contributed by atoms with Crippen LogP contribution in [0.25, 0.3) is 44.3 Å². The zero-order chi connectivity index (χ0) is 45.5. The molecule has 0 bridgehead atoms. The molecule has 14 nitrogen and oxygen atoms in total. The molecule has 2 aliphatic rings. The van der Waals surface area contributed by atoms with Gasteiger partial charge in [0.25, 0.3) is 12.4 Å². The molecule has 6 heterocycles. The van der Waals surface area contributed by atoms with Gasteiger partial charge in [-0.25, -0.2) is 10.4 Å². The molecule has 15 heteroatoms. The number of hydrazine groups is 1. The Labute approximate surface area is 382 Å². The minimum Gasteiger partial charge on any atom is -0.467 e. The van der Waals surface area contributed by atoms with Crippen LogP contribution >= 0.6 is 11.3 Å². The summed E-state index contributed by atoms with van der Waals surface area (Å²) in [4.78, 5) is 52.5. The summed E-state index contributed by atoms with van der Waals surface area (Å²) in [6.07, 6.45) is 9.83. The van der Waals surface area contributed by atoms with Crippen molar-refractivity contribution in [2.24, 2.45) is 24.3 Å². The second kappa shape index (κ2) is 20.6. The van der Waals surface area contributed by atoms with Gasteiger partial charge in [0.15, 0.2) is 0 Å². The Bertz CT molecular complexity index is 2570. The van der Waals surface area contributed by atoms with E-state index in [1.165, 1.54) is 22.2 Å². The van der Waals surface area contributed by atoms with Gasteiger partial charge in [-0.05, 0) is 94.3 Å². The van der Waals surface area contributed by atoms with Gasteiger partial charge in [-0.2, -0.15) is 0 Å². The molecule has 2 fully saturated rings. The molecule has 1 saturated carbocycles. The highest BCUT2D eigenvalue weighted by Gasteiger charge is 2.44. The molecular formula is C49H66N8O6S. The SMILES string of the molecule is CCO[C@H](c1nc(-c2ccc3c(c2)c(CC(C)(C)COC=O)c(-c2cccnc2[C@H](C)OC)n3CC)cs1)[C@H](NC(=O)[C@@H]1C[C@H]1C)C(=O)N1CCCCN1.Cn1ccc2ccncc21.[HH].[HH]. The standard InChI is InChI=1S/C41H54N6O6S.C8H8N2.2H2/c1-8-46-33-15-14-27(20-30(33)31(21-41(5,6)23-52-24-48)36(46)28-13-12-16-42-34(28)26(4)51-7)32-22-54-39(44-32)37(53-9-2)35(45-38(49)29-19-25(29)3)40(50)47-18-11-10-17-43-47;1-10-5-3-7-2-4-9-6-8(7)10;;/h12-16,20,22,24-26,29,35,37,43H,8-11,17-19,21,23H2,1-7H3,(H,45,49);2-6H,1H3;2*1H/t25-,26+,29-,35+,37+;;;/m1.../s1. The maximum atomic E-state index is 14.1. The highest BCUT2D eigenvalue weighted by Crippen LogP contribution is 2.42. The van der Waals surface area contributed by atoms with Crippen LogP contribution < -0.4 is 10.7 Å². The molecule has 6 aromatic rings. The highest BCUT2D eigenvalue weighted by atomic mass is 32.1. The van der Waals surface area contributed by atoms with Gasteiger partial charge in [0, 0.05) is 106 Å². The summed E-state index contributed by atoms with van der Waals surface area (Å²) in [5.74, 6) is -0.137. The number of nitrogens with zero attached hydrogens (tertiary/aromatic N) is 6. The Balaban J connectivity index is 0.000000597. The number of methoxy groups -OCH3 is 1. The van der Waals surface area contributed by atoms with Crippen LogP contribution in [0, 0.1) is 17.3 Å². The Morgan fingerprint density at radius 3 is 2.62 bits per heavy atom. The summed E-state index contributed by atoms with van der Waals surface area (Å²) >= 11 is 1.43. The van der Waals surface area contributed by atoms with Crippen LogP contribution in [-0.2, 0) is 48.6 Å². The number of thiazole rings is 1. The first-order valence-corrected chi connectivity index (χ1v) is 23.2. The van der Waals surface area contributed by atoms with Crippen LogP contribution in [0.15, 0.2) is 72.6 Å². The van der Waals surface area contributed by atoms with E-state index in [0.717, 1.165) is 70.5 Å². The Morgan fingerprint density at radius 2 is 1.94 bits per heavy atom. The molecule has 0 radical (unpaired) electrons. The zero-order valence-corrected chi connectivity index (χ0v) is 39.1. The van der Waals surface area contributed by atoms with Crippen LogP contribution in [0.3, 0.4) is 0 Å². The molecule has 1 saturated heterocycles. The summed E-state index contributed by atoms with van der Waals surface area (Å²) < 4.78 is 21.7. The van der Waals surface area contributed by atoms with Crippen molar-refractivity contribution in [3.63, 3.8) is 0 Å². The predicted octanol–water partition coefficient (Wildman–Crippen LogP) is 8.71. The van der Waals surface area contributed by atoms with Crippen LogP contribution in [0.1, 0.15) is 92.1 Å². The van der Waals surface area contributed by atoms with Crippen molar-refractivity contribution in [1.82, 2.24) is 39.8 Å². The van der Waals surface area contributed by atoms with Crippen LogP contribution in [0.4, 0.5) is 0 Å². The first kappa shape index (κ1) is 46.5. The average molecular weight is 895 g/mol. The summed E-state index contributed by atoms with van der Waals surface area (Å²) in [6, 6.07) is 13.6. The van der Waals surface area contributed by atoms with Gasteiger partial charge < -0.3 is 28.7 Å². The molecule has 1 aliphatic carbocycles. The van der Waals surface area contributed by atoms with Gasteiger partial charge in [-0.1, -0.05) is 26.8 Å². The Morgan fingerprint density at radius 1 is 1.12 bits per heavy atom. The summed E-state index contributed by atoms with van der Waals surface area (Å²) in [6.45, 7) is 15.4. The van der Waals surface area contributed by atoms with Gasteiger partial charge in [0.05, 0.1) is 41.5 Å². The lowest BCUT2D eigenvalue weighted by Gasteiger charge is -2.33. The Hall–Kier alpha value is -5.48. The number of benzene rings is 1. The second-order valence-corrected chi connectivity index (χ2v) is 18.5. The van der Waals surface area contributed by atoms with Crippen molar-refractivity contribution in [1.29, 1.82) is 0 Å². The molecule has 2 amide bonds. The maximum Gasteiger partial charge on any atom is 0.293 e. The lowest BCUT2D eigenvalue weighted by atomic mass is 9.84. The summed E-state index contributed by atoms with van der Waals surface area (Å²) in [5, 5.41) is 9.63. The van der Waals surface area contributed by atoms with Crippen molar-refractivity contribution in [2.45, 2.75) is 92.0 Å². The number of pyridine rings is 2. The highest BCUT2D eigenvalue weighted by molar-refractivity contribution is 7.10. The third-order valence-corrected chi connectivity index (χ3v) is 13.2. The van der Waals surface area contributed by atoms with E-state index in [0.29, 0.717) is 43.5 Å². The lowest BCUT2D eigenvalue weighted by molar-refractivity contribution is -0.145. The quantitative estimate of drug-likeness (QED) is 0.0850. The van der Waals surface area contributed by atoms with E-state index in [4.69, 9.17) is 24.2 Å². The van der Waals surface area contributed by atoms with Crippen molar-refractivity contribution in [3.8, 4) is 22.5 Å². The average Bonchev–Trinajstić information content (AvgIpc) is 3.57. The van der Waals surface area contributed by atoms with Gasteiger partial charge in [0.2, 0.25) is 5.91 Å². The van der Waals surface area contributed by atoms with E-state index in [1.54, 1.807) is 18.3 Å². The normalized spacial score (nSPS) is 17.7. The van der Waals surface area contributed by atoms with E-state index in [2.05, 4.69) is 82.9 Å². The van der Waals surface area contributed by atoms with Crippen LogP contribution in [-0.4, -0.2) is 86.8 Å². The molecule has 5 atom stereocenters. The second-order valence-electron chi connectivity index (χ2n) is 17.6. The number of aryl methyl sites for hydroxylation is 2. The monoisotopic (exact) mass is 894 g/mol. The number of amides is 2. The number of carbonyl (C=O) groups is 3. The first-order valence-electron chi connectivity index (χ1n) is 22.4. The molecule has 5 aromatic heterocycles. The fraction of sp³-hybridized carbons (Fsp3) is 0.469. The first-order chi connectivity index (χ1) is 30.9. The van der Waals surface area contributed by atoms with Crippen molar-refractivity contribution >= 4 is 51.4 Å². The fourth-order valence-corrected chi connectivity index (χ4v) is 9.56. The molecule has 344 valence electrons. The third kappa shape index (κ3) is 10.2. The van der Waals surface area contributed by atoms with Crippen LogP contribution in [0.5, 0.6) is 0 Å². The topological polar surface area (TPSA) is 155 Å². The number of ether oxygens (including phenoxy) is 3. The van der Waals surface area contributed by atoms with E-state index < -0.39 is 12.1 Å².